The third-order valence-corrected chi connectivity index (χ3v) is 7.95. The summed E-state index contributed by atoms with van der Waals surface area (Å²) >= 11 is 0. The Morgan fingerprint density at radius 2 is 1.77 bits per heavy atom. The number of hydrogen-bond acceptors (Lipinski definition) is 2. The molecule has 3 rings (SSSR count). The fourth-order valence-corrected chi connectivity index (χ4v) is 6.55. The smallest absolute Gasteiger partial charge is 0.0568 e. The van der Waals surface area contributed by atoms with Crippen LogP contribution < -0.4 is 0 Å². The summed E-state index contributed by atoms with van der Waals surface area (Å²) < 4.78 is 0. The lowest BCUT2D eigenvalue weighted by atomic mass is 9.48. The monoisotopic (exact) mass is 308 g/mol. The predicted molar refractivity (Wildman–Crippen MR) is 90.5 cm³/mol. The highest BCUT2D eigenvalue weighted by molar-refractivity contribution is 5.02. The number of hydrogen-bond donors (Lipinski definition) is 2. The molecular formula is C20H36O2. The minimum absolute atomic E-state index is 0.0673. The molecule has 0 aliphatic heterocycles. The van der Waals surface area contributed by atoms with Crippen LogP contribution in [-0.2, 0) is 0 Å². The zero-order valence-corrected chi connectivity index (χ0v) is 14.6. The van der Waals surface area contributed by atoms with E-state index in [0.29, 0.717) is 12.5 Å². The maximum absolute atomic E-state index is 10.5. The van der Waals surface area contributed by atoms with Crippen LogP contribution in [0.5, 0.6) is 0 Å². The van der Waals surface area contributed by atoms with Crippen molar-refractivity contribution in [1.29, 1.82) is 0 Å². The van der Waals surface area contributed by atoms with Crippen molar-refractivity contribution in [2.45, 2.75) is 84.2 Å². The van der Waals surface area contributed by atoms with Crippen molar-refractivity contribution >= 4 is 0 Å². The van der Waals surface area contributed by atoms with Crippen molar-refractivity contribution in [2.75, 3.05) is 6.61 Å². The zero-order chi connectivity index (χ0) is 15.7. The van der Waals surface area contributed by atoms with Crippen LogP contribution in [0.4, 0.5) is 0 Å². The lowest BCUT2D eigenvalue weighted by Gasteiger charge is -2.57. The molecule has 0 heterocycles. The fourth-order valence-electron chi connectivity index (χ4n) is 6.55. The molecular weight excluding hydrogens is 272 g/mol. The lowest BCUT2D eigenvalue weighted by Crippen LogP contribution is -2.51. The molecule has 0 bridgehead atoms. The van der Waals surface area contributed by atoms with E-state index in [0.717, 1.165) is 36.5 Å². The van der Waals surface area contributed by atoms with Gasteiger partial charge in [0.1, 0.15) is 0 Å². The summed E-state index contributed by atoms with van der Waals surface area (Å²) in [6, 6.07) is 0. The van der Waals surface area contributed by atoms with Crippen molar-refractivity contribution in [1.82, 2.24) is 0 Å². The van der Waals surface area contributed by atoms with Crippen molar-refractivity contribution in [3.05, 3.63) is 0 Å². The molecule has 3 aliphatic carbocycles. The minimum atomic E-state index is -0.221. The Labute approximate surface area is 136 Å². The highest BCUT2D eigenvalue weighted by Crippen LogP contribution is 2.59. The summed E-state index contributed by atoms with van der Waals surface area (Å²) in [6.45, 7) is 4.62. The quantitative estimate of drug-likeness (QED) is 0.808. The number of fused-ring (bicyclic) bond motifs is 3. The minimum Gasteiger partial charge on any atom is -0.396 e. The second-order valence-corrected chi connectivity index (χ2v) is 8.81. The molecule has 3 fully saturated rings. The van der Waals surface area contributed by atoms with Gasteiger partial charge in [0, 0.05) is 6.61 Å². The van der Waals surface area contributed by atoms with Gasteiger partial charge in [-0.05, 0) is 86.9 Å². The third kappa shape index (κ3) is 2.86. The second-order valence-electron chi connectivity index (χ2n) is 8.81. The van der Waals surface area contributed by atoms with Gasteiger partial charge in [-0.3, -0.25) is 0 Å². The van der Waals surface area contributed by atoms with E-state index in [1.807, 2.05) is 6.92 Å². The summed E-state index contributed by atoms with van der Waals surface area (Å²) in [5.74, 6) is 4.31. The Kier molecular flexibility index (Phi) is 5.19. The molecule has 2 N–H and O–H groups in total. The Balaban J connectivity index is 1.81. The van der Waals surface area contributed by atoms with Gasteiger partial charge in [0.2, 0.25) is 0 Å². The van der Waals surface area contributed by atoms with Gasteiger partial charge in [0.05, 0.1) is 6.10 Å². The normalized spacial score (nSPS) is 46.6. The van der Waals surface area contributed by atoms with Crippen LogP contribution >= 0.6 is 0 Å². The van der Waals surface area contributed by atoms with Crippen molar-refractivity contribution in [3.63, 3.8) is 0 Å². The summed E-state index contributed by atoms with van der Waals surface area (Å²) in [6.07, 6.45) is 13.0. The average molecular weight is 309 g/mol. The Bertz CT molecular complexity index is 367. The zero-order valence-electron chi connectivity index (χ0n) is 14.6. The van der Waals surface area contributed by atoms with Crippen LogP contribution in [0, 0.1) is 35.0 Å². The van der Waals surface area contributed by atoms with Gasteiger partial charge in [-0.1, -0.05) is 26.2 Å². The molecule has 0 radical (unpaired) electrons. The topological polar surface area (TPSA) is 40.5 Å². The molecule has 22 heavy (non-hydrogen) atoms. The first-order valence-electron chi connectivity index (χ1n) is 9.87. The highest BCUT2D eigenvalue weighted by atomic mass is 16.3. The Hall–Kier alpha value is -0.0800. The first kappa shape index (κ1) is 16.8. The summed E-state index contributed by atoms with van der Waals surface area (Å²) in [5, 5.41) is 19.8. The molecule has 0 amide bonds. The number of aliphatic hydroxyl groups is 2. The standard InChI is InChI=1S/C20H36O2/c1-14(22)20(2)12-11-17-16-7-4-3-6-15(16)9-10-18(17)19(20)8-5-13-21/h14-19,21-22H,3-13H2,1-2H3. The Morgan fingerprint density at radius 1 is 1.00 bits per heavy atom. The van der Waals surface area contributed by atoms with Crippen molar-refractivity contribution in [2.24, 2.45) is 35.0 Å². The van der Waals surface area contributed by atoms with Crippen LogP contribution in [0.1, 0.15) is 78.1 Å². The van der Waals surface area contributed by atoms with E-state index in [1.165, 1.54) is 51.4 Å². The van der Waals surface area contributed by atoms with E-state index in [2.05, 4.69) is 6.92 Å². The van der Waals surface area contributed by atoms with Gasteiger partial charge in [-0.25, -0.2) is 0 Å². The van der Waals surface area contributed by atoms with Gasteiger partial charge in [0.25, 0.3) is 0 Å². The summed E-state index contributed by atoms with van der Waals surface area (Å²) in [5.41, 5.74) is 0.0673. The molecule has 3 aliphatic rings. The molecule has 0 aromatic heterocycles. The van der Waals surface area contributed by atoms with Crippen LogP contribution in [0.15, 0.2) is 0 Å². The maximum atomic E-state index is 10.5. The van der Waals surface area contributed by atoms with E-state index >= 15 is 0 Å². The van der Waals surface area contributed by atoms with Gasteiger partial charge in [0.15, 0.2) is 0 Å². The van der Waals surface area contributed by atoms with Crippen LogP contribution in [0.2, 0.25) is 0 Å². The van der Waals surface area contributed by atoms with Crippen LogP contribution in [-0.4, -0.2) is 22.9 Å². The van der Waals surface area contributed by atoms with E-state index < -0.39 is 0 Å². The Morgan fingerprint density at radius 3 is 2.50 bits per heavy atom. The van der Waals surface area contributed by atoms with E-state index in [9.17, 15) is 10.2 Å². The summed E-state index contributed by atoms with van der Waals surface area (Å²) in [4.78, 5) is 0. The molecule has 0 aromatic rings. The van der Waals surface area contributed by atoms with Gasteiger partial charge in [-0.2, -0.15) is 0 Å². The fraction of sp³-hybridized carbons (Fsp3) is 1.00. The van der Waals surface area contributed by atoms with Crippen molar-refractivity contribution < 1.29 is 10.2 Å². The molecule has 7 unspecified atom stereocenters. The van der Waals surface area contributed by atoms with E-state index in [4.69, 9.17) is 0 Å². The van der Waals surface area contributed by atoms with E-state index in [1.54, 1.807) is 0 Å². The van der Waals surface area contributed by atoms with Crippen LogP contribution in [0.3, 0.4) is 0 Å². The van der Waals surface area contributed by atoms with E-state index in [-0.39, 0.29) is 11.5 Å². The van der Waals surface area contributed by atoms with Gasteiger partial charge >= 0.3 is 0 Å². The molecule has 128 valence electrons. The van der Waals surface area contributed by atoms with Gasteiger partial charge in [-0.15, -0.1) is 0 Å². The molecule has 3 saturated carbocycles. The van der Waals surface area contributed by atoms with Gasteiger partial charge < -0.3 is 10.2 Å². The third-order valence-electron chi connectivity index (χ3n) is 7.95. The number of rotatable bonds is 4. The molecule has 0 aromatic carbocycles. The second kappa shape index (κ2) is 6.81. The van der Waals surface area contributed by atoms with Crippen molar-refractivity contribution in [3.8, 4) is 0 Å². The maximum Gasteiger partial charge on any atom is 0.0568 e. The molecule has 0 spiro atoms. The molecule has 7 atom stereocenters. The first-order chi connectivity index (χ1) is 10.6. The molecule has 2 nitrogen and oxygen atoms in total. The summed E-state index contributed by atoms with van der Waals surface area (Å²) in [7, 11) is 0. The largest absolute Gasteiger partial charge is 0.396 e. The number of aliphatic hydroxyl groups excluding tert-OH is 2. The predicted octanol–water partition coefficient (Wildman–Crippen LogP) is 4.39. The SMILES string of the molecule is CC(O)C1(C)CCC2C3CCCCC3CCC2C1CCCO. The van der Waals surface area contributed by atoms with Crippen LogP contribution in [0.25, 0.3) is 0 Å². The molecule has 2 heteroatoms. The highest BCUT2D eigenvalue weighted by Gasteiger charge is 2.52. The first-order valence-corrected chi connectivity index (χ1v) is 9.87. The average Bonchev–Trinajstić information content (AvgIpc) is 2.53. The lowest BCUT2D eigenvalue weighted by molar-refractivity contribution is -0.111. The molecule has 0 saturated heterocycles.